The van der Waals surface area contributed by atoms with Crippen LogP contribution in [0.5, 0.6) is 0 Å². The normalized spacial score (nSPS) is 18.2. The highest BCUT2D eigenvalue weighted by atomic mass is 16.3. The second-order valence-electron chi connectivity index (χ2n) is 6.97. The third-order valence-corrected chi connectivity index (χ3v) is 4.83. The molecule has 1 aliphatic heterocycles. The quantitative estimate of drug-likeness (QED) is 0.610. The molecule has 1 aliphatic rings. The first-order valence-electron chi connectivity index (χ1n) is 9.14. The van der Waals surface area contributed by atoms with Crippen LogP contribution in [0, 0.1) is 11.8 Å². The zero-order chi connectivity index (χ0) is 21.3. The van der Waals surface area contributed by atoms with E-state index in [-0.39, 0.29) is 12.1 Å². The molecule has 150 valence electrons. The molecule has 30 heavy (non-hydrogen) atoms. The number of carbonyl (C=O) groups excluding carboxylic acids is 2. The highest BCUT2D eigenvalue weighted by Gasteiger charge is 2.42. The lowest BCUT2D eigenvalue weighted by molar-refractivity contribution is -0.137. The largest absolute Gasteiger partial charge is 0.369 e. The summed E-state index contributed by atoms with van der Waals surface area (Å²) in [6.45, 7) is 0.457. The summed E-state index contributed by atoms with van der Waals surface area (Å²) >= 11 is 0. The third kappa shape index (κ3) is 3.64. The summed E-state index contributed by atoms with van der Waals surface area (Å²) in [6.07, 6.45) is 3.15. The number of likely N-dealkylation sites (tertiary alicyclic amines) is 1. The number of aliphatic hydroxyl groups is 1. The molecule has 3 N–H and O–H groups in total. The molecular formula is C21H18N6O3. The molecule has 0 aliphatic carbocycles. The average Bonchev–Trinajstić information content (AvgIpc) is 3.38. The molecular weight excluding hydrogens is 384 g/mol. The Morgan fingerprint density at radius 1 is 1.30 bits per heavy atom. The summed E-state index contributed by atoms with van der Waals surface area (Å²) < 4.78 is 1.50. The maximum atomic E-state index is 12.1. The summed E-state index contributed by atoms with van der Waals surface area (Å²) in [5.41, 5.74) is 6.21. The van der Waals surface area contributed by atoms with Gasteiger partial charge in [-0.3, -0.25) is 9.59 Å². The number of benzene rings is 1. The molecule has 1 atom stereocenters. The van der Waals surface area contributed by atoms with Crippen LogP contribution in [0.3, 0.4) is 0 Å². The predicted molar refractivity (Wildman–Crippen MR) is 107 cm³/mol. The lowest BCUT2D eigenvalue weighted by atomic mass is 10.0. The van der Waals surface area contributed by atoms with Gasteiger partial charge in [0.25, 0.3) is 11.8 Å². The smallest absolute Gasteiger partial charge is 0.267 e. The Morgan fingerprint density at radius 2 is 2.13 bits per heavy atom. The molecule has 1 unspecified atom stereocenters. The van der Waals surface area contributed by atoms with Crippen LogP contribution in [-0.4, -0.2) is 60.8 Å². The topological polar surface area (TPSA) is 127 Å². The Balaban J connectivity index is 1.72. The molecule has 2 amide bonds. The van der Waals surface area contributed by atoms with Crippen molar-refractivity contribution in [1.29, 1.82) is 0 Å². The monoisotopic (exact) mass is 402 g/mol. The first-order valence-corrected chi connectivity index (χ1v) is 9.14. The molecule has 3 heterocycles. The lowest BCUT2D eigenvalue weighted by Crippen LogP contribution is -2.37. The van der Waals surface area contributed by atoms with E-state index in [9.17, 15) is 14.7 Å². The van der Waals surface area contributed by atoms with Crippen molar-refractivity contribution < 1.29 is 14.7 Å². The number of carbonyl (C=O) groups is 2. The van der Waals surface area contributed by atoms with E-state index in [4.69, 9.17) is 5.73 Å². The van der Waals surface area contributed by atoms with Crippen LogP contribution in [-0.2, 0) is 4.79 Å². The Labute approximate surface area is 172 Å². The second-order valence-corrected chi connectivity index (χ2v) is 6.97. The van der Waals surface area contributed by atoms with Crippen molar-refractivity contribution in [3.63, 3.8) is 0 Å². The van der Waals surface area contributed by atoms with Crippen molar-refractivity contribution in [2.75, 3.05) is 13.6 Å². The standard InChI is InChI=1S/C21H18N6O3/c1-26-8-7-21(30,20(26)29)6-5-14-3-2-4-15(9-14)17-10-16(27-13-23-12-24-27)11-18(25-17)19(22)28/h2-4,9-13,30H,7-8H2,1H3,(H2,22,28). The van der Waals surface area contributed by atoms with E-state index in [0.29, 0.717) is 29.1 Å². The number of pyridine rings is 1. The zero-order valence-electron chi connectivity index (χ0n) is 16.1. The maximum absolute atomic E-state index is 12.1. The van der Waals surface area contributed by atoms with Gasteiger partial charge in [-0.15, -0.1) is 0 Å². The van der Waals surface area contributed by atoms with Gasteiger partial charge in [0.1, 0.15) is 18.3 Å². The van der Waals surface area contributed by atoms with Crippen molar-refractivity contribution in [1.82, 2.24) is 24.6 Å². The van der Waals surface area contributed by atoms with Gasteiger partial charge >= 0.3 is 0 Å². The van der Waals surface area contributed by atoms with Crippen LogP contribution in [0.25, 0.3) is 16.9 Å². The van der Waals surface area contributed by atoms with Gasteiger partial charge in [0.2, 0.25) is 5.60 Å². The van der Waals surface area contributed by atoms with Crippen LogP contribution in [0.15, 0.2) is 49.1 Å². The fourth-order valence-electron chi connectivity index (χ4n) is 3.17. The average molecular weight is 402 g/mol. The van der Waals surface area contributed by atoms with Gasteiger partial charge in [-0.2, -0.15) is 5.10 Å². The van der Waals surface area contributed by atoms with E-state index in [0.717, 1.165) is 0 Å². The number of nitrogens with zero attached hydrogens (tertiary/aromatic N) is 5. The van der Waals surface area contributed by atoms with Crippen molar-refractivity contribution in [2.45, 2.75) is 12.0 Å². The van der Waals surface area contributed by atoms with E-state index in [1.807, 2.05) is 6.07 Å². The number of rotatable bonds is 3. The van der Waals surface area contributed by atoms with Gasteiger partial charge in [-0.25, -0.2) is 14.6 Å². The number of nitrogens with two attached hydrogens (primary N) is 1. The Morgan fingerprint density at radius 3 is 2.80 bits per heavy atom. The summed E-state index contributed by atoms with van der Waals surface area (Å²) in [5.74, 6) is 4.50. The highest BCUT2D eigenvalue weighted by molar-refractivity contribution is 5.92. The summed E-state index contributed by atoms with van der Waals surface area (Å²) in [4.78, 5) is 33.5. The minimum Gasteiger partial charge on any atom is -0.369 e. The molecule has 1 aromatic carbocycles. The number of amides is 2. The SMILES string of the molecule is CN1CCC(O)(C#Cc2cccc(-c3cc(-n4cncn4)cc(C(N)=O)n3)c2)C1=O. The van der Waals surface area contributed by atoms with E-state index < -0.39 is 17.4 Å². The minimum atomic E-state index is -1.67. The zero-order valence-corrected chi connectivity index (χ0v) is 16.1. The molecule has 3 aromatic rings. The molecule has 4 rings (SSSR count). The van der Waals surface area contributed by atoms with Gasteiger partial charge in [-0.1, -0.05) is 24.0 Å². The minimum absolute atomic E-state index is 0.0865. The molecule has 9 nitrogen and oxygen atoms in total. The Hall–Kier alpha value is -4.03. The Bertz CT molecular complexity index is 1190. The number of likely N-dealkylation sites (N-methyl/N-ethyl adjacent to an activating group) is 1. The van der Waals surface area contributed by atoms with E-state index in [1.54, 1.807) is 31.3 Å². The van der Waals surface area contributed by atoms with Crippen molar-refractivity contribution in [3.8, 4) is 28.8 Å². The van der Waals surface area contributed by atoms with E-state index in [1.165, 1.54) is 28.3 Å². The lowest BCUT2D eigenvalue weighted by Gasteiger charge is -2.13. The number of aromatic nitrogens is 4. The van der Waals surface area contributed by atoms with Crippen molar-refractivity contribution >= 4 is 11.8 Å². The van der Waals surface area contributed by atoms with Gasteiger partial charge in [-0.05, 0) is 24.3 Å². The third-order valence-electron chi connectivity index (χ3n) is 4.83. The molecule has 0 spiro atoms. The maximum Gasteiger partial charge on any atom is 0.267 e. The van der Waals surface area contributed by atoms with Crippen LogP contribution in [0.4, 0.5) is 0 Å². The van der Waals surface area contributed by atoms with E-state index in [2.05, 4.69) is 26.9 Å². The number of hydrogen-bond acceptors (Lipinski definition) is 6. The molecule has 1 fully saturated rings. The van der Waals surface area contributed by atoms with Gasteiger partial charge in [0.15, 0.2) is 0 Å². The molecule has 0 saturated carbocycles. The van der Waals surface area contributed by atoms with Crippen LogP contribution >= 0.6 is 0 Å². The molecule has 9 heteroatoms. The fraction of sp³-hybridized carbons (Fsp3) is 0.190. The molecule has 0 radical (unpaired) electrons. The highest BCUT2D eigenvalue weighted by Crippen LogP contribution is 2.23. The van der Waals surface area contributed by atoms with Gasteiger partial charge in [0, 0.05) is 31.1 Å². The van der Waals surface area contributed by atoms with Crippen LogP contribution in [0.2, 0.25) is 0 Å². The van der Waals surface area contributed by atoms with Crippen LogP contribution in [0.1, 0.15) is 22.5 Å². The van der Waals surface area contributed by atoms with E-state index >= 15 is 0 Å². The molecule has 2 aromatic heterocycles. The van der Waals surface area contributed by atoms with Crippen LogP contribution < -0.4 is 5.73 Å². The molecule has 0 bridgehead atoms. The fourth-order valence-corrected chi connectivity index (χ4v) is 3.17. The van der Waals surface area contributed by atoms with Crippen molar-refractivity contribution in [2.24, 2.45) is 5.73 Å². The second kappa shape index (κ2) is 7.42. The van der Waals surface area contributed by atoms with Gasteiger partial charge < -0.3 is 15.7 Å². The predicted octanol–water partition coefficient (Wildman–Crippen LogP) is 0.373. The first kappa shape index (κ1) is 19.3. The summed E-state index contributed by atoms with van der Waals surface area (Å²) in [7, 11) is 1.63. The van der Waals surface area contributed by atoms with Crippen molar-refractivity contribution in [3.05, 3.63) is 60.3 Å². The summed E-state index contributed by atoms with van der Waals surface area (Å²) in [5, 5.41) is 14.5. The first-order chi connectivity index (χ1) is 14.4. The number of hydrogen-bond donors (Lipinski definition) is 2. The van der Waals surface area contributed by atoms with Gasteiger partial charge in [0.05, 0.1) is 11.4 Å². The molecule has 1 saturated heterocycles. The number of primary amides is 1. The summed E-state index contributed by atoms with van der Waals surface area (Å²) in [6, 6.07) is 10.4. The Kier molecular flexibility index (Phi) is 4.77.